The van der Waals surface area contributed by atoms with Crippen LogP contribution in [0.15, 0.2) is 0 Å². The zero-order valence-electron chi connectivity index (χ0n) is 6.62. The van der Waals surface area contributed by atoms with E-state index in [0.29, 0.717) is 6.10 Å². The molecule has 2 aliphatic heterocycles. The molecular formula is C8H14OS2. The molecule has 0 unspecified atom stereocenters. The molecule has 2 fully saturated rings. The number of hydrogen-bond donors (Lipinski definition) is 0. The highest BCUT2D eigenvalue weighted by molar-refractivity contribution is 8.17. The Kier molecular flexibility index (Phi) is 3.05. The maximum absolute atomic E-state index is 5.18. The minimum Gasteiger partial charge on any atom is -0.373 e. The van der Waals surface area contributed by atoms with Gasteiger partial charge in [0.05, 0.1) is 17.3 Å². The molecule has 0 bridgehead atoms. The van der Waals surface area contributed by atoms with Crippen LogP contribution in [-0.4, -0.2) is 28.8 Å². The molecule has 0 amide bonds. The van der Waals surface area contributed by atoms with Gasteiger partial charge in [-0.1, -0.05) is 0 Å². The second kappa shape index (κ2) is 4.06. The van der Waals surface area contributed by atoms with Gasteiger partial charge in [0.15, 0.2) is 0 Å². The van der Waals surface area contributed by atoms with Crippen molar-refractivity contribution in [2.75, 3.05) is 18.1 Å². The molecule has 2 rings (SSSR count). The molecule has 0 aliphatic carbocycles. The Hall–Kier alpha value is 0.660. The predicted molar refractivity (Wildman–Crippen MR) is 52.3 cm³/mol. The molecule has 0 radical (unpaired) electrons. The Bertz CT molecular complexity index is 119. The highest BCUT2D eigenvalue weighted by Gasteiger charge is 2.24. The lowest BCUT2D eigenvalue weighted by atomic mass is 10.3. The average molecular weight is 190 g/mol. The van der Waals surface area contributed by atoms with Crippen LogP contribution in [0.25, 0.3) is 0 Å². The normalized spacial score (nSPS) is 32.2. The van der Waals surface area contributed by atoms with E-state index in [0.717, 1.165) is 11.2 Å². The number of rotatable bonds is 3. The summed E-state index contributed by atoms with van der Waals surface area (Å²) in [5.74, 6) is 2.76. The van der Waals surface area contributed by atoms with E-state index in [1.54, 1.807) is 0 Å². The third-order valence-electron chi connectivity index (χ3n) is 2.02. The van der Waals surface area contributed by atoms with E-state index < -0.39 is 0 Å². The minimum absolute atomic E-state index is 0.637. The van der Waals surface area contributed by atoms with Crippen molar-refractivity contribution < 1.29 is 4.74 Å². The summed E-state index contributed by atoms with van der Waals surface area (Å²) in [6.45, 7) is 1.03. The molecular weight excluding hydrogens is 176 g/mol. The second-order valence-corrected chi connectivity index (χ2v) is 5.98. The third kappa shape index (κ3) is 2.88. The highest BCUT2D eigenvalue weighted by atomic mass is 32.2. The highest BCUT2D eigenvalue weighted by Crippen LogP contribution is 2.35. The van der Waals surface area contributed by atoms with Crippen molar-refractivity contribution in [1.82, 2.24) is 0 Å². The fraction of sp³-hybridized carbons (Fsp3) is 1.00. The van der Waals surface area contributed by atoms with Crippen LogP contribution in [0.3, 0.4) is 0 Å². The maximum Gasteiger partial charge on any atom is 0.0810 e. The smallest absolute Gasteiger partial charge is 0.0810 e. The van der Waals surface area contributed by atoms with Crippen molar-refractivity contribution in [2.45, 2.75) is 29.9 Å². The van der Waals surface area contributed by atoms with Crippen LogP contribution in [0.4, 0.5) is 0 Å². The first-order valence-corrected chi connectivity index (χ1v) is 6.40. The zero-order chi connectivity index (χ0) is 7.52. The fourth-order valence-corrected chi connectivity index (χ4v) is 4.16. The van der Waals surface area contributed by atoms with Crippen LogP contribution < -0.4 is 0 Å². The predicted octanol–water partition coefficient (Wildman–Crippen LogP) is 2.36. The van der Waals surface area contributed by atoms with Gasteiger partial charge in [0.1, 0.15) is 0 Å². The van der Waals surface area contributed by atoms with E-state index in [1.165, 1.54) is 30.8 Å². The van der Waals surface area contributed by atoms with Gasteiger partial charge < -0.3 is 4.74 Å². The van der Waals surface area contributed by atoms with Crippen LogP contribution in [-0.2, 0) is 4.74 Å². The first-order valence-electron chi connectivity index (χ1n) is 4.30. The molecule has 3 heteroatoms. The molecule has 0 N–H and O–H groups in total. The molecule has 64 valence electrons. The van der Waals surface area contributed by atoms with Gasteiger partial charge in [-0.25, -0.2) is 0 Å². The molecule has 0 aromatic carbocycles. The van der Waals surface area contributed by atoms with E-state index in [9.17, 15) is 0 Å². The monoisotopic (exact) mass is 190 g/mol. The third-order valence-corrected chi connectivity index (χ3v) is 5.10. The van der Waals surface area contributed by atoms with Crippen LogP contribution in [0, 0.1) is 0 Å². The molecule has 1 nitrogen and oxygen atoms in total. The molecule has 2 aliphatic rings. The summed E-state index contributed by atoms with van der Waals surface area (Å²) in [4.78, 5) is 0. The quantitative estimate of drug-likeness (QED) is 0.634. The summed E-state index contributed by atoms with van der Waals surface area (Å²) in [6, 6.07) is 0. The molecule has 11 heavy (non-hydrogen) atoms. The van der Waals surface area contributed by atoms with Gasteiger partial charge in [-0.2, -0.15) is 0 Å². The molecule has 0 saturated carbocycles. The summed E-state index contributed by atoms with van der Waals surface area (Å²) < 4.78 is 6.06. The van der Waals surface area contributed by atoms with Gasteiger partial charge in [-0.15, -0.1) is 23.5 Å². The van der Waals surface area contributed by atoms with Crippen LogP contribution in [0.5, 0.6) is 0 Å². The van der Waals surface area contributed by atoms with Crippen molar-refractivity contribution in [3.8, 4) is 0 Å². The van der Waals surface area contributed by atoms with Crippen LogP contribution in [0.1, 0.15) is 19.3 Å². The number of hydrogen-bond acceptors (Lipinski definition) is 3. The summed E-state index contributed by atoms with van der Waals surface area (Å²) in [5, 5.41) is 0. The first kappa shape index (κ1) is 8.27. The Morgan fingerprint density at radius 1 is 1.18 bits per heavy atom. The lowest BCUT2D eigenvalue weighted by molar-refractivity contribution is 0.394. The number of ether oxygens (including phenoxy) is 1. The van der Waals surface area contributed by atoms with Gasteiger partial charge in [0.2, 0.25) is 0 Å². The Morgan fingerprint density at radius 2 is 1.91 bits per heavy atom. The molecule has 0 aromatic rings. The topological polar surface area (TPSA) is 12.5 Å². The van der Waals surface area contributed by atoms with Gasteiger partial charge in [0.25, 0.3) is 0 Å². The summed E-state index contributed by atoms with van der Waals surface area (Å²) in [6.07, 6.45) is 4.70. The van der Waals surface area contributed by atoms with E-state index in [2.05, 4.69) is 23.5 Å². The average Bonchev–Trinajstić information content (AvgIpc) is 2.86. The van der Waals surface area contributed by atoms with Crippen molar-refractivity contribution in [3.05, 3.63) is 0 Å². The summed E-state index contributed by atoms with van der Waals surface area (Å²) >= 11 is 4.28. The first-order chi connectivity index (χ1) is 5.45. The lowest BCUT2D eigenvalue weighted by Crippen LogP contribution is -2.07. The molecule has 1 atom stereocenters. The van der Waals surface area contributed by atoms with Gasteiger partial charge >= 0.3 is 0 Å². The van der Waals surface area contributed by atoms with Crippen LogP contribution >= 0.6 is 23.5 Å². The van der Waals surface area contributed by atoms with Crippen molar-refractivity contribution >= 4 is 23.5 Å². The van der Waals surface area contributed by atoms with Crippen molar-refractivity contribution in [3.63, 3.8) is 0 Å². The fourth-order valence-electron chi connectivity index (χ4n) is 1.26. The Labute approximate surface area is 76.6 Å². The maximum atomic E-state index is 5.18. The van der Waals surface area contributed by atoms with Gasteiger partial charge in [-0.05, 0) is 30.8 Å². The van der Waals surface area contributed by atoms with Crippen LogP contribution in [0.2, 0.25) is 0 Å². The van der Waals surface area contributed by atoms with Gasteiger partial charge in [0, 0.05) is 0 Å². The lowest BCUT2D eigenvalue weighted by Gasteiger charge is -2.19. The standard InChI is InChI=1S/C8H14OS2/c1-4-10-8(11-5-1)3-2-7-6-9-7/h7-8H,1-6H2/t7-/m0/s1. The number of epoxide rings is 1. The summed E-state index contributed by atoms with van der Waals surface area (Å²) in [5.41, 5.74) is 0. The van der Waals surface area contributed by atoms with Gasteiger partial charge in [-0.3, -0.25) is 0 Å². The largest absolute Gasteiger partial charge is 0.373 e. The van der Waals surface area contributed by atoms with E-state index in [1.807, 2.05) is 0 Å². The summed E-state index contributed by atoms with van der Waals surface area (Å²) in [7, 11) is 0. The SMILES string of the molecule is C1CSC(CC[C@H]2CO2)SC1. The number of thioether (sulfide) groups is 2. The Morgan fingerprint density at radius 3 is 2.55 bits per heavy atom. The Balaban J connectivity index is 1.59. The molecule has 2 heterocycles. The zero-order valence-corrected chi connectivity index (χ0v) is 8.26. The van der Waals surface area contributed by atoms with E-state index in [-0.39, 0.29) is 0 Å². The molecule has 0 aromatic heterocycles. The van der Waals surface area contributed by atoms with E-state index >= 15 is 0 Å². The van der Waals surface area contributed by atoms with E-state index in [4.69, 9.17) is 4.74 Å². The van der Waals surface area contributed by atoms with Crippen molar-refractivity contribution in [2.24, 2.45) is 0 Å². The molecule has 2 saturated heterocycles. The van der Waals surface area contributed by atoms with Crippen molar-refractivity contribution in [1.29, 1.82) is 0 Å². The second-order valence-electron chi connectivity index (χ2n) is 3.06. The minimum atomic E-state index is 0.637. The molecule has 0 spiro atoms.